The van der Waals surface area contributed by atoms with Gasteiger partial charge in [-0.05, 0) is 19.8 Å². The van der Waals surface area contributed by atoms with E-state index in [0.29, 0.717) is 5.92 Å². The van der Waals surface area contributed by atoms with E-state index in [-0.39, 0.29) is 5.91 Å². The van der Waals surface area contributed by atoms with E-state index in [1.54, 1.807) is 11.3 Å². The second-order valence-corrected chi connectivity index (χ2v) is 7.33. The molecule has 2 aliphatic rings. The summed E-state index contributed by atoms with van der Waals surface area (Å²) in [4.78, 5) is 20.2. The van der Waals surface area contributed by atoms with Crippen LogP contribution in [0.2, 0.25) is 0 Å². The van der Waals surface area contributed by atoms with Crippen molar-refractivity contribution in [1.29, 1.82) is 0 Å². The van der Waals surface area contributed by atoms with Gasteiger partial charge in [0.1, 0.15) is 4.88 Å². The summed E-state index contributed by atoms with van der Waals surface area (Å²) >= 11 is 1.60. The Balaban J connectivity index is 1.50. The van der Waals surface area contributed by atoms with Gasteiger partial charge in [-0.1, -0.05) is 12.8 Å². The van der Waals surface area contributed by atoms with E-state index in [1.807, 2.05) is 6.92 Å². The van der Waals surface area contributed by atoms with Crippen molar-refractivity contribution < 1.29 is 4.79 Å². The average molecular weight is 322 g/mol. The number of carbonyl (C=O) groups excluding carboxylic acids is 1. The molecule has 0 aromatic carbocycles. The van der Waals surface area contributed by atoms with Crippen molar-refractivity contribution in [2.45, 2.75) is 38.5 Å². The molecule has 1 aliphatic heterocycles. The lowest BCUT2D eigenvalue weighted by atomic mass is 10.1. The number of aryl methyl sites for hydroxylation is 1. The largest absolute Gasteiger partial charge is 0.350 e. The molecule has 0 unspecified atom stereocenters. The van der Waals surface area contributed by atoms with Gasteiger partial charge in [-0.15, -0.1) is 11.3 Å². The van der Waals surface area contributed by atoms with E-state index in [9.17, 15) is 4.79 Å². The number of nitrogens with zero attached hydrogens (tertiary/aromatic N) is 2. The molecule has 1 amide bonds. The Hall–Kier alpha value is -0.980. The quantitative estimate of drug-likeness (QED) is 0.867. The zero-order valence-corrected chi connectivity index (χ0v) is 14.2. The average Bonchev–Trinajstić information content (AvgIpc) is 3.17. The molecule has 0 radical (unpaired) electrons. The van der Waals surface area contributed by atoms with Crippen LogP contribution in [0.25, 0.3) is 0 Å². The first-order valence-corrected chi connectivity index (χ1v) is 9.24. The zero-order chi connectivity index (χ0) is 15.4. The van der Waals surface area contributed by atoms with E-state index in [0.717, 1.165) is 49.8 Å². The number of hydrogen-bond donors (Lipinski definition) is 2. The molecule has 1 aliphatic carbocycles. The van der Waals surface area contributed by atoms with Crippen molar-refractivity contribution in [2.24, 2.45) is 0 Å². The lowest BCUT2D eigenvalue weighted by Gasteiger charge is -2.27. The highest BCUT2D eigenvalue weighted by Gasteiger charge is 2.23. The number of hydrogen-bond acceptors (Lipinski definition) is 5. The standard InChI is InChI=1S/C16H26N4OS/c1-12-14(22-16(19-12)13-4-2-3-5-13)15(21)18-8-11-20-9-6-17-7-10-20/h13,17H,2-11H2,1H3,(H,18,21). The smallest absolute Gasteiger partial charge is 0.263 e. The van der Waals surface area contributed by atoms with Crippen LogP contribution in [-0.4, -0.2) is 55.1 Å². The molecule has 6 heteroatoms. The molecule has 3 rings (SSSR count). The Labute approximate surface area is 136 Å². The molecular weight excluding hydrogens is 296 g/mol. The van der Waals surface area contributed by atoms with Gasteiger partial charge in [0.15, 0.2) is 0 Å². The molecule has 1 saturated carbocycles. The number of nitrogens with one attached hydrogen (secondary N) is 2. The first kappa shape index (κ1) is 15.9. The third-order valence-corrected chi connectivity index (χ3v) is 5.97. The van der Waals surface area contributed by atoms with Crippen molar-refractivity contribution >= 4 is 17.2 Å². The molecule has 0 bridgehead atoms. The Morgan fingerprint density at radius 3 is 2.82 bits per heavy atom. The van der Waals surface area contributed by atoms with Gasteiger partial charge in [-0.25, -0.2) is 4.98 Å². The third kappa shape index (κ3) is 3.86. The van der Waals surface area contributed by atoms with Gasteiger partial charge in [0, 0.05) is 45.2 Å². The summed E-state index contributed by atoms with van der Waals surface area (Å²) in [5, 5.41) is 7.57. The molecule has 2 N–H and O–H groups in total. The van der Waals surface area contributed by atoms with Gasteiger partial charge < -0.3 is 10.6 Å². The first-order chi connectivity index (χ1) is 10.7. The SMILES string of the molecule is Cc1nc(C2CCCC2)sc1C(=O)NCCN1CCNCC1. The van der Waals surface area contributed by atoms with Crippen LogP contribution in [0.4, 0.5) is 0 Å². The normalized spacial score (nSPS) is 20.4. The Bertz CT molecular complexity index is 504. The van der Waals surface area contributed by atoms with Crippen LogP contribution in [-0.2, 0) is 0 Å². The Morgan fingerprint density at radius 2 is 2.09 bits per heavy atom. The maximum absolute atomic E-state index is 12.4. The molecule has 1 saturated heterocycles. The highest BCUT2D eigenvalue weighted by atomic mass is 32.1. The van der Waals surface area contributed by atoms with Gasteiger partial charge in [-0.3, -0.25) is 9.69 Å². The van der Waals surface area contributed by atoms with Gasteiger partial charge >= 0.3 is 0 Å². The van der Waals surface area contributed by atoms with Crippen LogP contribution in [0.5, 0.6) is 0 Å². The van der Waals surface area contributed by atoms with E-state index in [4.69, 9.17) is 0 Å². The Kier molecular flexibility index (Phi) is 5.44. The van der Waals surface area contributed by atoms with Crippen molar-refractivity contribution in [3.63, 3.8) is 0 Å². The zero-order valence-electron chi connectivity index (χ0n) is 13.4. The second kappa shape index (κ2) is 7.53. The van der Waals surface area contributed by atoms with E-state index in [2.05, 4.69) is 20.5 Å². The third-order valence-electron chi connectivity index (χ3n) is 4.65. The molecule has 5 nitrogen and oxygen atoms in total. The fraction of sp³-hybridized carbons (Fsp3) is 0.750. The van der Waals surface area contributed by atoms with Crippen molar-refractivity contribution in [1.82, 2.24) is 20.5 Å². The maximum Gasteiger partial charge on any atom is 0.263 e. The van der Waals surface area contributed by atoms with Crippen LogP contribution in [0.15, 0.2) is 0 Å². The highest BCUT2D eigenvalue weighted by molar-refractivity contribution is 7.13. The van der Waals surface area contributed by atoms with Gasteiger partial charge in [0.25, 0.3) is 5.91 Å². The van der Waals surface area contributed by atoms with Gasteiger partial charge in [-0.2, -0.15) is 0 Å². The van der Waals surface area contributed by atoms with Crippen LogP contribution in [0.1, 0.15) is 52.0 Å². The van der Waals surface area contributed by atoms with Crippen molar-refractivity contribution in [3.05, 3.63) is 15.6 Å². The minimum Gasteiger partial charge on any atom is -0.350 e. The summed E-state index contributed by atoms with van der Waals surface area (Å²) in [6, 6.07) is 0. The van der Waals surface area contributed by atoms with Gasteiger partial charge in [0.2, 0.25) is 0 Å². The molecule has 122 valence electrons. The molecular formula is C16H26N4OS. The topological polar surface area (TPSA) is 57.3 Å². The summed E-state index contributed by atoms with van der Waals surface area (Å²) in [6.45, 7) is 7.84. The summed E-state index contributed by atoms with van der Waals surface area (Å²) < 4.78 is 0. The highest BCUT2D eigenvalue weighted by Crippen LogP contribution is 2.37. The fourth-order valence-corrected chi connectivity index (χ4v) is 4.47. The minimum absolute atomic E-state index is 0.0504. The van der Waals surface area contributed by atoms with Crippen molar-refractivity contribution in [3.8, 4) is 0 Å². The molecule has 2 heterocycles. The molecule has 0 atom stereocenters. The molecule has 1 aromatic heterocycles. The first-order valence-electron chi connectivity index (χ1n) is 8.42. The monoisotopic (exact) mass is 322 g/mol. The number of rotatable bonds is 5. The minimum atomic E-state index is 0.0504. The van der Waals surface area contributed by atoms with Crippen LogP contribution < -0.4 is 10.6 Å². The van der Waals surface area contributed by atoms with E-state index in [1.165, 1.54) is 30.7 Å². The lowest BCUT2D eigenvalue weighted by molar-refractivity contribution is 0.0950. The molecule has 0 spiro atoms. The molecule has 2 fully saturated rings. The fourth-order valence-electron chi connectivity index (χ4n) is 3.32. The van der Waals surface area contributed by atoms with Crippen LogP contribution >= 0.6 is 11.3 Å². The molecule has 22 heavy (non-hydrogen) atoms. The van der Waals surface area contributed by atoms with Crippen molar-refractivity contribution in [2.75, 3.05) is 39.3 Å². The lowest BCUT2D eigenvalue weighted by Crippen LogP contribution is -2.46. The van der Waals surface area contributed by atoms with E-state index >= 15 is 0 Å². The molecule has 1 aromatic rings. The number of amides is 1. The summed E-state index contributed by atoms with van der Waals surface area (Å²) in [5.74, 6) is 0.639. The summed E-state index contributed by atoms with van der Waals surface area (Å²) in [6.07, 6.45) is 5.07. The number of thiazole rings is 1. The second-order valence-electron chi connectivity index (χ2n) is 6.30. The predicted octanol–water partition coefficient (Wildman–Crippen LogP) is 1.74. The summed E-state index contributed by atoms with van der Waals surface area (Å²) in [5.41, 5.74) is 0.895. The van der Waals surface area contributed by atoms with Crippen LogP contribution in [0, 0.1) is 6.92 Å². The van der Waals surface area contributed by atoms with E-state index < -0.39 is 0 Å². The number of piperazine rings is 1. The number of carbonyl (C=O) groups is 1. The Morgan fingerprint density at radius 1 is 1.36 bits per heavy atom. The maximum atomic E-state index is 12.4. The number of aromatic nitrogens is 1. The van der Waals surface area contributed by atoms with Gasteiger partial charge in [0.05, 0.1) is 10.7 Å². The summed E-state index contributed by atoms with van der Waals surface area (Å²) in [7, 11) is 0. The van der Waals surface area contributed by atoms with Crippen LogP contribution in [0.3, 0.4) is 0 Å². The predicted molar refractivity (Wildman–Crippen MR) is 89.7 cm³/mol.